The predicted octanol–water partition coefficient (Wildman–Crippen LogP) is 2.92. The zero-order valence-corrected chi connectivity index (χ0v) is 12.0. The van der Waals surface area contributed by atoms with Crippen molar-refractivity contribution in [1.29, 1.82) is 0 Å². The lowest BCUT2D eigenvalue weighted by Gasteiger charge is -2.07. The van der Waals surface area contributed by atoms with Gasteiger partial charge in [0.2, 0.25) is 0 Å². The van der Waals surface area contributed by atoms with E-state index >= 15 is 0 Å². The first-order valence-corrected chi connectivity index (χ1v) is 6.49. The molecule has 2 aromatic rings. The number of halogens is 2. The molecule has 1 aromatic carbocycles. The molecule has 0 spiro atoms. The Kier molecular flexibility index (Phi) is 4.14. The van der Waals surface area contributed by atoms with Gasteiger partial charge >= 0.3 is 0 Å². The average Bonchev–Trinajstić information content (AvgIpc) is 2.61. The summed E-state index contributed by atoms with van der Waals surface area (Å²) >= 11 is 3.35. The van der Waals surface area contributed by atoms with E-state index in [1.54, 1.807) is 6.07 Å². The molecule has 0 aliphatic carbocycles. The minimum absolute atomic E-state index is 0.229. The summed E-state index contributed by atoms with van der Waals surface area (Å²) in [6.45, 7) is 3.40. The number of nitrogens with one attached hydrogen (secondary N) is 1. The van der Waals surface area contributed by atoms with Gasteiger partial charge in [-0.3, -0.25) is 4.68 Å². The fraction of sp³-hybridized carbons (Fsp3) is 0.308. The van der Waals surface area contributed by atoms with Crippen molar-refractivity contribution < 1.29 is 4.39 Å². The Labute approximate surface area is 114 Å². The summed E-state index contributed by atoms with van der Waals surface area (Å²) in [5.74, 6) is -0.229. The van der Waals surface area contributed by atoms with Crippen LogP contribution < -0.4 is 5.32 Å². The molecule has 0 saturated heterocycles. The van der Waals surface area contributed by atoms with Crippen molar-refractivity contribution in [2.45, 2.75) is 20.0 Å². The van der Waals surface area contributed by atoms with E-state index in [1.807, 2.05) is 24.7 Å². The highest BCUT2D eigenvalue weighted by Gasteiger charge is 2.04. The van der Waals surface area contributed by atoms with E-state index in [0.717, 1.165) is 28.0 Å². The molecule has 1 N–H and O–H groups in total. The Bertz CT molecular complexity index is 551. The van der Waals surface area contributed by atoms with E-state index in [-0.39, 0.29) is 5.82 Å². The van der Waals surface area contributed by atoms with Crippen molar-refractivity contribution >= 4 is 15.9 Å². The first-order chi connectivity index (χ1) is 8.56. The summed E-state index contributed by atoms with van der Waals surface area (Å²) in [6.07, 6.45) is 0. The Morgan fingerprint density at radius 3 is 2.72 bits per heavy atom. The fourth-order valence-corrected chi connectivity index (χ4v) is 2.31. The molecule has 0 fully saturated rings. The van der Waals surface area contributed by atoms with Crippen molar-refractivity contribution in [3.8, 4) is 0 Å². The van der Waals surface area contributed by atoms with Gasteiger partial charge in [-0.05, 0) is 30.7 Å². The van der Waals surface area contributed by atoms with E-state index in [9.17, 15) is 4.39 Å². The lowest BCUT2D eigenvalue weighted by atomic mass is 10.2. The SMILES string of the molecule is Cc1cc(CNCc2ccc(F)cc2Br)n(C)n1. The lowest BCUT2D eigenvalue weighted by molar-refractivity contribution is 0.614. The first kappa shape index (κ1) is 13.2. The highest BCUT2D eigenvalue weighted by molar-refractivity contribution is 9.10. The number of benzene rings is 1. The molecule has 2 rings (SSSR count). The van der Waals surface area contributed by atoms with E-state index in [0.29, 0.717) is 6.54 Å². The third-order valence-electron chi connectivity index (χ3n) is 2.74. The molecule has 1 aromatic heterocycles. The van der Waals surface area contributed by atoms with Crippen molar-refractivity contribution in [2.75, 3.05) is 0 Å². The molecule has 0 saturated carbocycles. The van der Waals surface area contributed by atoms with Crippen molar-refractivity contribution in [3.63, 3.8) is 0 Å². The summed E-state index contributed by atoms with van der Waals surface area (Å²) in [5, 5.41) is 7.60. The van der Waals surface area contributed by atoms with Gasteiger partial charge in [0.05, 0.1) is 11.4 Å². The standard InChI is InChI=1S/C13H15BrFN3/c1-9-5-12(18(2)17-9)8-16-7-10-3-4-11(15)6-13(10)14/h3-6,16H,7-8H2,1-2H3. The Hall–Kier alpha value is -1.20. The lowest BCUT2D eigenvalue weighted by Crippen LogP contribution is -2.15. The summed E-state index contributed by atoms with van der Waals surface area (Å²) in [5.41, 5.74) is 3.18. The van der Waals surface area contributed by atoms with Gasteiger partial charge in [0.15, 0.2) is 0 Å². The van der Waals surface area contributed by atoms with Crippen LogP contribution in [0.1, 0.15) is 17.0 Å². The summed E-state index contributed by atoms with van der Waals surface area (Å²) < 4.78 is 15.6. The van der Waals surface area contributed by atoms with Crippen LogP contribution in [0.3, 0.4) is 0 Å². The van der Waals surface area contributed by atoms with Crippen molar-refractivity contribution in [3.05, 3.63) is 51.5 Å². The third-order valence-corrected chi connectivity index (χ3v) is 3.47. The molecule has 18 heavy (non-hydrogen) atoms. The van der Waals surface area contributed by atoms with Crippen LogP contribution in [0.25, 0.3) is 0 Å². The molecule has 0 radical (unpaired) electrons. The van der Waals surface area contributed by atoms with Gasteiger partial charge in [0, 0.05) is 24.6 Å². The summed E-state index contributed by atoms with van der Waals surface area (Å²) in [7, 11) is 1.93. The topological polar surface area (TPSA) is 29.9 Å². The molecule has 0 atom stereocenters. The maximum atomic E-state index is 12.9. The van der Waals surface area contributed by atoms with Gasteiger partial charge in [0.1, 0.15) is 5.82 Å². The molecule has 0 unspecified atom stereocenters. The van der Waals surface area contributed by atoms with E-state index < -0.39 is 0 Å². The molecule has 0 aliphatic rings. The molecular formula is C13H15BrFN3. The predicted molar refractivity (Wildman–Crippen MR) is 72.6 cm³/mol. The molecular weight excluding hydrogens is 297 g/mol. The van der Waals surface area contributed by atoms with Crippen LogP contribution in [0.4, 0.5) is 4.39 Å². The molecule has 96 valence electrons. The molecule has 0 bridgehead atoms. The maximum Gasteiger partial charge on any atom is 0.124 e. The molecule has 0 aliphatic heterocycles. The van der Waals surface area contributed by atoms with E-state index in [2.05, 4.69) is 26.3 Å². The highest BCUT2D eigenvalue weighted by Crippen LogP contribution is 2.17. The molecule has 3 nitrogen and oxygen atoms in total. The Balaban J connectivity index is 1.94. The van der Waals surface area contributed by atoms with Gasteiger partial charge in [-0.15, -0.1) is 0 Å². The van der Waals surface area contributed by atoms with Crippen LogP contribution in [-0.2, 0) is 20.1 Å². The van der Waals surface area contributed by atoms with Crippen LogP contribution >= 0.6 is 15.9 Å². The molecule has 1 heterocycles. The van der Waals surface area contributed by atoms with Crippen molar-refractivity contribution in [1.82, 2.24) is 15.1 Å². The number of nitrogens with zero attached hydrogens (tertiary/aromatic N) is 2. The smallest absolute Gasteiger partial charge is 0.124 e. The number of aromatic nitrogens is 2. The van der Waals surface area contributed by atoms with Gasteiger partial charge in [-0.2, -0.15) is 5.10 Å². The number of hydrogen-bond acceptors (Lipinski definition) is 2. The zero-order chi connectivity index (χ0) is 13.1. The second-order valence-electron chi connectivity index (χ2n) is 4.24. The minimum Gasteiger partial charge on any atom is -0.307 e. The van der Waals surface area contributed by atoms with Crippen molar-refractivity contribution in [2.24, 2.45) is 7.05 Å². The first-order valence-electron chi connectivity index (χ1n) is 5.70. The number of rotatable bonds is 4. The maximum absolute atomic E-state index is 12.9. The second kappa shape index (κ2) is 5.63. The highest BCUT2D eigenvalue weighted by atomic mass is 79.9. The Morgan fingerprint density at radius 1 is 1.33 bits per heavy atom. The number of hydrogen-bond donors (Lipinski definition) is 1. The normalized spacial score (nSPS) is 10.9. The van der Waals surface area contributed by atoms with E-state index in [4.69, 9.17) is 0 Å². The quantitative estimate of drug-likeness (QED) is 0.941. The van der Waals surface area contributed by atoms with Crippen LogP contribution in [0.2, 0.25) is 0 Å². The number of aryl methyl sites for hydroxylation is 2. The van der Waals surface area contributed by atoms with Gasteiger partial charge in [-0.1, -0.05) is 22.0 Å². The van der Waals surface area contributed by atoms with Crippen LogP contribution in [0, 0.1) is 12.7 Å². The van der Waals surface area contributed by atoms with Crippen LogP contribution in [0.15, 0.2) is 28.7 Å². The fourth-order valence-electron chi connectivity index (χ4n) is 1.82. The molecule has 5 heteroatoms. The summed E-state index contributed by atoms with van der Waals surface area (Å²) in [4.78, 5) is 0. The van der Waals surface area contributed by atoms with Crippen LogP contribution in [-0.4, -0.2) is 9.78 Å². The third kappa shape index (κ3) is 3.17. The average molecular weight is 312 g/mol. The largest absolute Gasteiger partial charge is 0.307 e. The van der Waals surface area contributed by atoms with Gasteiger partial charge in [0.25, 0.3) is 0 Å². The summed E-state index contributed by atoms with van der Waals surface area (Å²) in [6, 6.07) is 6.77. The second-order valence-corrected chi connectivity index (χ2v) is 5.09. The van der Waals surface area contributed by atoms with Gasteiger partial charge < -0.3 is 5.32 Å². The minimum atomic E-state index is -0.229. The monoisotopic (exact) mass is 311 g/mol. The van der Waals surface area contributed by atoms with Crippen LogP contribution in [0.5, 0.6) is 0 Å². The van der Waals surface area contributed by atoms with E-state index in [1.165, 1.54) is 12.1 Å². The zero-order valence-electron chi connectivity index (χ0n) is 10.4. The van der Waals surface area contributed by atoms with Gasteiger partial charge in [-0.25, -0.2) is 4.39 Å². The Morgan fingerprint density at radius 2 is 2.11 bits per heavy atom. The molecule has 0 amide bonds.